The van der Waals surface area contributed by atoms with Gasteiger partial charge in [0.15, 0.2) is 11.6 Å². The minimum absolute atomic E-state index is 0.0987. The molecule has 1 aliphatic rings. The number of amides is 1. The van der Waals surface area contributed by atoms with Crippen LogP contribution in [0.15, 0.2) is 29.1 Å². The fraction of sp³-hybridized carbons (Fsp3) is 0.368. The molecule has 0 saturated carbocycles. The molecule has 1 amide bonds. The van der Waals surface area contributed by atoms with Crippen molar-refractivity contribution in [3.8, 4) is 11.5 Å². The number of rotatable bonds is 5. The number of aromatic nitrogens is 1. The van der Waals surface area contributed by atoms with Crippen LogP contribution in [0.5, 0.6) is 11.5 Å². The van der Waals surface area contributed by atoms with Gasteiger partial charge in [-0.2, -0.15) is 0 Å². The topological polar surface area (TPSA) is 69.6 Å². The zero-order chi connectivity index (χ0) is 18.7. The second-order valence-corrected chi connectivity index (χ2v) is 6.01. The number of halogens is 1. The van der Waals surface area contributed by atoms with E-state index in [1.807, 2.05) is 0 Å². The van der Waals surface area contributed by atoms with Crippen LogP contribution in [0.3, 0.4) is 0 Å². The first-order valence-corrected chi connectivity index (χ1v) is 8.59. The third kappa shape index (κ3) is 3.42. The van der Waals surface area contributed by atoms with Crippen LogP contribution in [0.2, 0.25) is 0 Å². The first kappa shape index (κ1) is 18.0. The van der Waals surface area contributed by atoms with Crippen LogP contribution in [0, 0.1) is 5.82 Å². The van der Waals surface area contributed by atoms with Gasteiger partial charge in [-0.1, -0.05) is 0 Å². The fourth-order valence-electron chi connectivity index (χ4n) is 3.19. The Morgan fingerprint density at radius 1 is 1.27 bits per heavy atom. The molecule has 138 valence electrons. The number of carbonyl (C=O) groups is 1. The van der Waals surface area contributed by atoms with Crippen molar-refractivity contribution in [1.29, 1.82) is 0 Å². The number of fused-ring (bicyclic) bond motifs is 1. The van der Waals surface area contributed by atoms with Crippen molar-refractivity contribution in [2.45, 2.75) is 32.7 Å². The minimum Gasteiger partial charge on any atom is -0.494 e. The van der Waals surface area contributed by atoms with Crippen LogP contribution < -0.4 is 20.3 Å². The smallest absolute Gasteiger partial charge is 0.261 e. The maximum Gasteiger partial charge on any atom is 0.261 e. The Kier molecular flexibility index (Phi) is 5.25. The molecule has 0 spiro atoms. The van der Waals surface area contributed by atoms with Crippen LogP contribution in [-0.4, -0.2) is 24.2 Å². The third-order valence-electron chi connectivity index (χ3n) is 4.36. The highest BCUT2D eigenvalue weighted by Gasteiger charge is 2.24. The average Bonchev–Trinajstić information content (AvgIpc) is 2.62. The first-order valence-electron chi connectivity index (χ1n) is 8.59. The summed E-state index contributed by atoms with van der Waals surface area (Å²) in [4.78, 5) is 25.2. The number of nitrogens with one attached hydrogen (secondary N) is 1. The molecule has 7 heteroatoms. The Morgan fingerprint density at radius 2 is 2.08 bits per heavy atom. The van der Waals surface area contributed by atoms with Crippen molar-refractivity contribution in [2.75, 3.05) is 19.0 Å². The predicted molar refractivity (Wildman–Crippen MR) is 95.7 cm³/mol. The summed E-state index contributed by atoms with van der Waals surface area (Å²) in [5.41, 5.74) is 1.13. The molecular formula is C19H21FN2O4. The molecule has 0 aliphatic carbocycles. The zero-order valence-electron chi connectivity index (χ0n) is 14.8. The van der Waals surface area contributed by atoms with Crippen LogP contribution in [0.25, 0.3) is 0 Å². The zero-order valence-corrected chi connectivity index (χ0v) is 14.8. The van der Waals surface area contributed by atoms with Gasteiger partial charge >= 0.3 is 0 Å². The molecule has 0 atom stereocenters. The largest absolute Gasteiger partial charge is 0.494 e. The van der Waals surface area contributed by atoms with Gasteiger partial charge in [-0.25, -0.2) is 4.39 Å². The van der Waals surface area contributed by atoms with E-state index in [9.17, 15) is 14.0 Å². The van der Waals surface area contributed by atoms with Gasteiger partial charge in [0.05, 0.1) is 13.7 Å². The van der Waals surface area contributed by atoms with Gasteiger partial charge < -0.3 is 19.4 Å². The number of hydrogen-bond acceptors (Lipinski definition) is 4. The quantitative estimate of drug-likeness (QED) is 0.890. The highest BCUT2D eigenvalue weighted by atomic mass is 19.1. The molecule has 1 aromatic carbocycles. The maximum atomic E-state index is 13.9. The van der Waals surface area contributed by atoms with Crippen molar-refractivity contribution in [2.24, 2.45) is 0 Å². The normalized spacial score (nSPS) is 13.0. The molecule has 3 rings (SSSR count). The first-order chi connectivity index (χ1) is 12.5. The Morgan fingerprint density at radius 3 is 2.77 bits per heavy atom. The van der Waals surface area contributed by atoms with Crippen molar-refractivity contribution in [3.05, 3.63) is 51.7 Å². The molecule has 26 heavy (non-hydrogen) atoms. The van der Waals surface area contributed by atoms with Crippen molar-refractivity contribution in [3.63, 3.8) is 0 Å². The summed E-state index contributed by atoms with van der Waals surface area (Å²) >= 11 is 0. The number of anilines is 1. The lowest BCUT2D eigenvalue weighted by molar-refractivity contribution is 0.102. The highest BCUT2D eigenvalue weighted by molar-refractivity contribution is 6.07. The molecule has 0 saturated heterocycles. The van der Waals surface area contributed by atoms with Crippen LogP contribution in [0.4, 0.5) is 10.1 Å². The van der Waals surface area contributed by atoms with Crippen LogP contribution >= 0.6 is 0 Å². The van der Waals surface area contributed by atoms with E-state index < -0.39 is 11.7 Å². The van der Waals surface area contributed by atoms with Gasteiger partial charge in [-0.3, -0.25) is 9.59 Å². The van der Waals surface area contributed by atoms with E-state index in [2.05, 4.69) is 5.32 Å². The predicted octanol–water partition coefficient (Wildman–Crippen LogP) is 2.98. The summed E-state index contributed by atoms with van der Waals surface area (Å²) in [7, 11) is 1.37. The number of pyridine rings is 1. The molecule has 2 aromatic rings. The second-order valence-electron chi connectivity index (χ2n) is 6.01. The summed E-state index contributed by atoms with van der Waals surface area (Å²) in [5, 5.41) is 2.69. The van der Waals surface area contributed by atoms with E-state index in [-0.39, 0.29) is 17.1 Å². The standard InChI is InChI=1S/C19H21FN2O4/c1-3-26-16-11-17(23)22-9-5-4-6-14(22)18(16)19(24)21-12-7-8-15(25-2)13(20)10-12/h7-8,10-11H,3-6,9H2,1-2H3,(H,21,24). The average molecular weight is 360 g/mol. The molecule has 0 radical (unpaired) electrons. The SMILES string of the molecule is CCOc1cc(=O)n2c(c1C(=O)Nc1ccc(OC)c(F)c1)CCCC2. The molecule has 0 unspecified atom stereocenters. The van der Waals surface area contributed by atoms with Gasteiger partial charge in [0.1, 0.15) is 11.3 Å². The monoisotopic (exact) mass is 360 g/mol. The van der Waals surface area contributed by atoms with E-state index in [1.54, 1.807) is 17.6 Å². The Balaban J connectivity index is 2.00. The molecule has 2 heterocycles. The summed E-state index contributed by atoms with van der Waals surface area (Å²) < 4.78 is 25.9. The summed E-state index contributed by atoms with van der Waals surface area (Å²) in [6, 6.07) is 5.54. The lowest BCUT2D eigenvalue weighted by Crippen LogP contribution is -2.31. The summed E-state index contributed by atoms with van der Waals surface area (Å²) in [5.74, 6) is -0.635. The second kappa shape index (κ2) is 7.59. The van der Waals surface area contributed by atoms with Gasteiger partial charge in [0, 0.05) is 30.1 Å². The maximum absolute atomic E-state index is 13.9. The van der Waals surface area contributed by atoms with E-state index in [4.69, 9.17) is 9.47 Å². The number of ether oxygens (including phenoxy) is 2. The van der Waals surface area contributed by atoms with Crippen molar-refractivity contribution >= 4 is 11.6 Å². The summed E-state index contributed by atoms with van der Waals surface area (Å²) in [6.07, 6.45) is 2.41. The fourth-order valence-corrected chi connectivity index (χ4v) is 3.19. The van der Waals surface area contributed by atoms with Gasteiger partial charge in [-0.05, 0) is 38.3 Å². The van der Waals surface area contributed by atoms with E-state index in [0.717, 1.165) is 12.8 Å². The minimum atomic E-state index is -0.568. The lowest BCUT2D eigenvalue weighted by atomic mass is 10.0. The number of methoxy groups -OCH3 is 1. The Bertz CT molecular complexity index is 892. The van der Waals surface area contributed by atoms with E-state index in [1.165, 1.54) is 25.3 Å². The van der Waals surface area contributed by atoms with E-state index in [0.29, 0.717) is 36.5 Å². The van der Waals surface area contributed by atoms with Gasteiger partial charge in [0.25, 0.3) is 11.5 Å². The van der Waals surface area contributed by atoms with E-state index >= 15 is 0 Å². The number of nitrogens with zero attached hydrogens (tertiary/aromatic N) is 1. The molecule has 0 fully saturated rings. The van der Waals surface area contributed by atoms with Crippen molar-refractivity contribution < 1.29 is 18.7 Å². The molecule has 1 aromatic heterocycles. The van der Waals surface area contributed by atoms with Gasteiger partial charge in [-0.15, -0.1) is 0 Å². The van der Waals surface area contributed by atoms with Crippen LogP contribution in [0.1, 0.15) is 35.8 Å². The summed E-state index contributed by atoms with van der Waals surface area (Å²) in [6.45, 7) is 2.70. The highest BCUT2D eigenvalue weighted by Crippen LogP contribution is 2.27. The number of hydrogen-bond donors (Lipinski definition) is 1. The molecule has 0 bridgehead atoms. The number of benzene rings is 1. The third-order valence-corrected chi connectivity index (χ3v) is 4.36. The molecule has 1 aliphatic heterocycles. The Labute approximate surface area is 150 Å². The van der Waals surface area contributed by atoms with Crippen molar-refractivity contribution in [1.82, 2.24) is 4.57 Å². The lowest BCUT2D eigenvalue weighted by Gasteiger charge is -2.23. The Hall–Kier alpha value is -2.83. The molecule has 1 N–H and O–H groups in total. The molecular weight excluding hydrogens is 339 g/mol. The van der Waals surface area contributed by atoms with Crippen LogP contribution in [-0.2, 0) is 13.0 Å². The van der Waals surface area contributed by atoms with Gasteiger partial charge in [0.2, 0.25) is 0 Å². The molecule has 6 nitrogen and oxygen atoms in total. The number of carbonyl (C=O) groups excluding carboxylic acids is 1.